The number of H-pyrrole nitrogens is 1. The fourth-order valence-corrected chi connectivity index (χ4v) is 5.36. The molecule has 5 rings (SSSR count). The van der Waals surface area contributed by atoms with Crippen LogP contribution in [0.3, 0.4) is 0 Å². The van der Waals surface area contributed by atoms with E-state index in [1.807, 2.05) is 11.6 Å². The van der Waals surface area contributed by atoms with Crippen molar-refractivity contribution in [2.24, 2.45) is 0 Å². The topological polar surface area (TPSA) is 99.5 Å². The molecule has 2 saturated heterocycles. The van der Waals surface area contributed by atoms with Crippen LogP contribution < -0.4 is 10.5 Å². The SMILES string of the molecule is Cc1nn(CCO)cc1CN1CCC2(CCc3c2nc(N2CCOCC2)[nH]c3=O)CC1. The van der Waals surface area contributed by atoms with Crippen LogP contribution in [-0.4, -0.2) is 75.8 Å². The third-order valence-corrected chi connectivity index (χ3v) is 7.25. The second-order valence-corrected chi connectivity index (χ2v) is 9.10. The van der Waals surface area contributed by atoms with Gasteiger partial charge in [-0.3, -0.25) is 19.4 Å². The lowest BCUT2D eigenvalue weighted by atomic mass is 9.76. The van der Waals surface area contributed by atoms with Crippen molar-refractivity contribution in [1.29, 1.82) is 0 Å². The molecular formula is C22H32N6O3. The largest absolute Gasteiger partial charge is 0.394 e. The number of aliphatic hydroxyl groups is 1. The molecule has 1 aliphatic carbocycles. The summed E-state index contributed by atoms with van der Waals surface area (Å²) in [6, 6.07) is 0. The smallest absolute Gasteiger partial charge is 0.255 e. The molecule has 2 aromatic rings. The fourth-order valence-electron chi connectivity index (χ4n) is 5.36. The van der Waals surface area contributed by atoms with Crippen LogP contribution >= 0.6 is 0 Å². The van der Waals surface area contributed by atoms with E-state index in [4.69, 9.17) is 14.8 Å². The van der Waals surface area contributed by atoms with Gasteiger partial charge in [-0.15, -0.1) is 0 Å². The van der Waals surface area contributed by atoms with Gasteiger partial charge in [-0.25, -0.2) is 4.98 Å². The van der Waals surface area contributed by atoms with Crippen molar-refractivity contribution in [3.05, 3.63) is 39.1 Å². The summed E-state index contributed by atoms with van der Waals surface area (Å²) in [6.07, 6.45) is 5.96. The van der Waals surface area contributed by atoms with Crippen LogP contribution in [-0.2, 0) is 29.7 Å². The molecular weight excluding hydrogens is 396 g/mol. The lowest BCUT2D eigenvalue weighted by Gasteiger charge is -2.39. The molecule has 168 valence electrons. The van der Waals surface area contributed by atoms with Gasteiger partial charge >= 0.3 is 0 Å². The number of nitrogens with zero attached hydrogens (tertiary/aromatic N) is 5. The van der Waals surface area contributed by atoms with E-state index in [1.165, 1.54) is 5.56 Å². The summed E-state index contributed by atoms with van der Waals surface area (Å²) < 4.78 is 7.28. The summed E-state index contributed by atoms with van der Waals surface area (Å²) in [5, 5.41) is 13.6. The van der Waals surface area contributed by atoms with Crippen molar-refractivity contribution < 1.29 is 9.84 Å². The first-order valence-electron chi connectivity index (χ1n) is 11.4. The van der Waals surface area contributed by atoms with E-state index in [0.717, 1.165) is 75.4 Å². The predicted octanol–water partition coefficient (Wildman–Crippen LogP) is 0.584. The molecule has 9 heteroatoms. The highest BCUT2D eigenvalue weighted by atomic mass is 16.5. The number of aryl methyl sites for hydroxylation is 1. The second kappa shape index (κ2) is 8.37. The molecule has 0 saturated carbocycles. The molecule has 2 aromatic heterocycles. The minimum atomic E-state index is 0.0250. The number of aromatic nitrogens is 4. The van der Waals surface area contributed by atoms with E-state index < -0.39 is 0 Å². The average Bonchev–Trinajstić information content (AvgIpc) is 3.31. The van der Waals surface area contributed by atoms with Gasteiger partial charge in [-0.1, -0.05) is 0 Å². The second-order valence-electron chi connectivity index (χ2n) is 9.10. The van der Waals surface area contributed by atoms with Crippen LogP contribution in [0.15, 0.2) is 11.0 Å². The third kappa shape index (κ3) is 3.90. The molecule has 0 bridgehead atoms. The summed E-state index contributed by atoms with van der Waals surface area (Å²) in [5.41, 5.74) is 4.26. The molecule has 1 spiro atoms. The van der Waals surface area contributed by atoms with E-state index in [-0.39, 0.29) is 17.6 Å². The maximum atomic E-state index is 12.8. The normalized spacial score (nSPS) is 21.0. The molecule has 3 aliphatic rings. The number of aliphatic hydroxyl groups excluding tert-OH is 1. The predicted molar refractivity (Wildman–Crippen MR) is 116 cm³/mol. The number of anilines is 1. The van der Waals surface area contributed by atoms with E-state index in [2.05, 4.69) is 26.1 Å². The van der Waals surface area contributed by atoms with Crippen molar-refractivity contribution >= 4 is 5.95 Å². The van der Waals surface area contributed by atoms with Crippen molar-refractivity contribution in [2.45, 2.75) is 51.1 Å². The number of fused-ring (bicyclic) bond motifs is 2. The van der Waals surface area contributed by atoms with Crippen LogP contribution in [0.2, 0.25) is 0 Å². The quantitative estimate of drug-likeness (QED) is 0.719. The Labute approximate surface area is 182 Å². The lowest BCUT2D eigenvalue weighted by molar-refractivity contribution is 0.122. The molecule has 9 nitrogen and oxygen atoms in total. The zero-order valence-corrected chi connectivity index (χ0v) is 18.3. The Morgan fingerprint density at radius 2 is 1.97 bits per heavy atom. The highest BCUT2D eigenvalue weighted by Gasteiger charge is 2.44. The van der Waals surface area contributed by atoms with E-state index in [0.29, 0.717) is 25.7 Å². The van der Waals surface area contributed by atoms with Gasteiger partial charge in [0.2, 0.25) is 5.95 Å². The maximum absolute atomic E-state index is 12.8. The number of nitrogens with one attached hydrogen (secondary N) is 1. The molecule has 0 atom stereocenters. The van der Waals surface area contributed by atoms with Gasteiger partial charge in [0.25, 0.3) is 5.56 Å². The molecule has 2 fully saturated rings. The van der Waals surface area contributed by atoms with Crippen molar-refractivity contribution in [1.82, 2.24) is 24.6 Å². The van der Waals surface area contributed by atoms with Crippen LogP contribution in [0.1, 0.15) is 41.8 Å². The fraction of sp³-hybridized carbons (Fsp3) is 0.682. The Morgan fingerprint density at radius 1 is 1.19 bits per heavy atom. The highest BCUT2D eigenvalue weighted by molar-refractivity contribution is 5.40. The first kappa shape index (κ1) is 20.7. The van der Waals surface area contributed by atoms with Gasteiger partial charge < -0.3 is 14.7 Å². The number of likely N-dealkylation sites (tertiary alicyclic amines) is 1. The molecule has 4 heterocycles. The van der Waals surface area contributed by atoms with E-state index >= 15 is 0 Å². The number of hydrogen-bond donors (Lipinski definition) is 2. The Balaban J connectivity index is 1.31. The first-order valence-corrected chi connectivity index (χ1v) is 11.4. The standard InChI is InChI=1S/C22H32N6O3/c1-16-17(15-28(25-16)8-11-29)14-26-6-4-22(5-7-26)3-2-18-19(22)23-21(24-20(18)30)27-9-12-31-13-10-27/h15,29H,2-14H2,1H3,(H,23,24,30). The maximum Gasteiger partial charge on any atom is 0.255 e. The Hall–Kier alpha value is -2.23. The molecule has 0 amide bonds. The Morgan fingerprint density at radius 3 is 2.71 bits per heavy atom. The molecule has 0 aromatic carbocycles. The average molecular weight is 429 g/mol. The lowest BCUT2D eigenvalue weighted by Crippen LogP contribution is -2.43. The highest BCUT2D eigenvalue weighted by Crippen LogP contribution is 2.44. The number of ether oxygens (including phenoxy) is 1. The van der Waals surface area contributed by atoms with Gasteiger partial charge in [-0.05, 0) is 45.7 Å². The summed E-state index contributed by atoms with van der Waals surface area (Å²) in [7, 11) is 0. The van der Waals surface area contributed by atoms with Crippen molar-refractivity contribution in [3.63, 3.8) is 0 Å². The van der Waals surface area contributed by atoms with Crippen molar-refractivity contribution in [3.8, 4) is 0 Å². The number of hydrogen-bond acceptors (Lipinski definition) is 7. The summed E-state index contributed by atoms with van der Waals surface area (Å²) in [4.78, 5) is 25.5. The third-order valence-electron chi connectivity index (χ3n) is 7.25. The van der Waals surface area contributed by atoms with Gasteiger partial charge in [-0.2, -0.15) is 5.10 Å². The van der Waals surface area contributed by atoms with Crippen molar-refractivity contribution in [2.75, 3.05) is 50.9 Å². The number of aromatic amines is 1. The zero-order chi connectivity index (χ0) is 21.4. The summed E-state index contributed by atoms with van der Waals surface area (Å²) >= 11 is 0. The molecule has 31 heavy (non-hydrogen) atoms. The zero-order valence-electron chi connectivity index (χ0n) is 18.3. The number of piperidine rings is 1. The van der Waals surface area contributed by atoms with Gasteiger partial charge in [0, 0.05) is 42.4 Å². The number of morpholine rings is 1. The first-order chi connectivity index (χ1) is 15.1. The Bertz CT molecular complexity index is 986. The Kier molecular flexibility index (Phi) is 5.58. The monoisotopic (exact) mass is 428 g/mol. The minimum absolute atomic E-state index is 0.0250. The molecule has 0 unspecified atom stereocenters. The van der Waals surface area contributed by atoms with Gasteiger partial charge in [0.05, 0.1) is 37.8 Å². The van der Waals surface area contributed by atoms with Crippen LogP contribution in [0.4, 0.5) is 5.95 Å². The van der Waals surface area contributed by atoms with Crippen LogP contribution in [0.25, 0.3) is 0 Å². The molecule has 2 N–H and O–H groups in total. The molecule has 0 radical (unpaired) electrons. The molecule has 2 aliphatic heterocycles. The van der Waals surface area contributed by atoms with Crippen LogP contribution in [0, 0.1) is 6.92 Å². The summed E-state index contributed by atoms with van der Waals surface area (Å²) in [6.45, 7) is 8.42. The number of rotatable bonds is 5. The van der Waals surface area contributed by atoms with E-state index in [1.54, 1.807) is 0 Å². The van der Waals surface area contributed by atoms with Gasteiger partial charge in [0.15, 0.2) is 0 Å². The van der Waals surface area contributed by atoms with Gasteiger partial charge in [0.1, 0.15) is 0 Å². The minimum Gasteiger partial charge on any atom is -0.394 e. The summed E-state index contributed by atoms with van der Waals surface area (Å²) in [5.74, 6) is 0.711. The van der Waals surface area contributed by atoms with E-state index in [9.17, 15) is 4.79 Å². The van der Waals surface area contributed by atoms with Crippen LogP contribution in [0.5, 0.6) is 0 Å².